The number of rotatable bonds is 8. The zero-order valence-electron chi connectivity index (χ0n) is 17.9. The molecule has 0 saturated heterocycles. The molecule has 1 aliphatic rings. The topological polar surface area (TPSA) is 68.0 Å². The Morgan fingerprint density at radius 3 is 2.53 bits per heavy atom. The van der Waals surface area contributed by atoms with Gasteiger partial charge in [0.1, 0.15) is 17.1 Å². The molecule has 3 aromatic rings. The zero-order chi connectivity index (χ0) is 22.9. The molecule has 4 rings (SSSR count). The third kappa shape index (κ3) is 4.70. The first-order valence-electron chi connectivity index (χ1n) is 10.9. The largest absolute Gasteiger partial charge is 0.417 e. The van der Waals surface area contributed by atoms with Crippen molar-refractivity contribution in [1.82, 2.24) is 14.5 Å². The van der Waals surface area contributed by atoms with Crippen LogP contribution in [0.4, 0.5) is 13.2 Å². The van der Waals surface area contributed by atoms with E-state index in [-0.39, 0.29) is 30.2 Å². The lowest BCUT2D eigenvalue weighted by molar-refractivity contribution is -0.137. The number of carbonyl (C=O) groups excluding carboxylic acids is 1. The van der Waals surface area contributed by atoms with Gasteiger partial charge < -0.3 is 9.67 Å². The molecule has 0 spiro atoms. The average molecular weight is 445 g/mol. The van der Waals surface area contributed by atoms with Gasteiger partial charge in [0.15, 0.2) is 5.65 Å². The molecule has 2 aromatic heterocycles. The molecule has 0 unspecified atom stereocenters. The molecule has 2 heterocycles. The highest BCUT2D eigenvalue weighted by molar-refractivity contribution is 5.79. The molecule has 0 radical (unpaired) electrons. The van der Waals surface area contributed by atoms with Gasteiger partial charge in [0, 0.05) is 31.5 Å². The summed E-state index contributed by atoms with van der Waals surface area (Å²) in [6.07, 6.45) is 0.587. The molecule has 170 valence electrons. The summed E-state index contributed by atoms with van der Waals surface area (Å²) in [4.78, 5) is 21.0. The maximum absolute atomic E-state index is 13.1. The monoisotopic (exact) mass is 445 g/mol. The number of aromatic nitrogens is 3. The first-order valence-corrected chi connectivity index (χ1v) is 10.9. The number of benzene rings is 1. The number of nitrogens with zero attached hydrogens (tertiary/aromatic N) is 3. The Bertz CT molecular complexity index is 1100. The van der Waals surface area contributed by atoms with Crippen molar-refractivity contribution < 1.29 is 23.1 Å². The van der Waals surface area contributed by atoms with Crippen LogP contribution in [0.25, 0.3) is 11.2 Å². The maximum Gasteiger partial charge on any atom is 0.417 e. The Morgan fingerprint density at radius 1 is 1.19 bits per heavy atom. The number of imidazole rings is 1. The van der Waals surface area contributed by atoms with Gasteiger partial charge in [-0.05, 0) is 44.2 Å². The Balaban J connectivity index is 1.46. The molecular weight excluding hydrogens is 419 g/mol. The number of Topliss-reactive ketones (excluding diaryl/α,β-unsaturated/α-hetero) is 1. The molecule has 5 nitrogen and oxygen atoms in total. The number of halogens is 3. The van der Waals surface area contributed by atoms with Gasteiger partial charge in [-0.2, -0.15) is 13.2 Å². The number of fused-ring (bicyclic) bond motifs is 1. The zero-order valence-corrected chi connectivity index (χ0v) is 17.9. The number of hydrogen-bond acceptors (Lipinski definition) is 4. The van der Waals surface area contributed by atoms with Gasteiger partial charge in [-0.15, -0.1) is 0 Å². The molecule has 1 fully saturated rings. The third-order valence-electron chi connectivity index (χ3n) is 6.16. The van der Waals surface area contributed by atoms with E-state index in [1.807, 2.05) is 22.8 Å². The number of hydrogen-bond donors (Lipinski definition) is 1. The Hall–Kier alpha value is -2.74. The van der Waals surface area contributed by atoms with E-state index in [0.717, 1.165) is 31.5 Å². The van der Waals surface area contributed by atoms with E-state index < -0.39 is 17.3 Å². The van der Waals surface area contributed by atoms with Crippen LogP contribution in [0.5, 0.6) is 0 Å². The lowest BCUT2D eigenvalue weighted by atomic mass is 9.89. The summed E-state index contributed by atoms with van der Waals surface area (Å²) in [6.45, 7) is 1.63. The number of aryl methyl sites for hydroxylation is 1. The van der Waals surface area contributed by atoms with Gasteiger partial charge in [-0.1, -0.05) is 30.3 Å². The smallest absolute Gasteiger partial charge is 0.385 e. The van der Waals surface area contributed by atoms with Gasteiger partial charge in [0.2, 0.25) is 0 Å². The first-order chi connectivity index (χ1) is 15.1. The Morgan fingerprint density at radius 2 is 1.91 bits per heavy atom. The van der Waals surface area contributed by atoms with Crippen LogP contribution in [0.15, 0.2) is 42.6 Å². The molecule has 1 aromatic carbocycles. The minimum absolute atomic E-state index is 0.00650. The summed E-state index contributed by atoms with van der Waals surface area (Å²) >= 11 is 0. The van der Waals surface area contributed by atoms with Crippen LogP contribution in [-0.2, 0) is 23.0 Å². The van der Waals surface area contributed by atoms with Gasteiger partial charge in [0.25, 0.3) is 0 Å². The Labute approximate surface area is 184 Å². The van der Waals surface area contributed by atoms with Crippen LogP contribution in [0.3, 0.4) is 0 Å². The van der Waals surface area contributed by atoms with Crippen molar-refractivity contribution in [3.05, 3.63) is 59.5 Å². The fourth-order valence-corrected chi connectivity index (χ4v) is 4.20. The summed E-state index contributed by atoms with van der Waals surface area (Å²) in [5.41, 5.74) is -0.661. The minimum atomic E-state index is -4.47. The molecule has 1 aliphatic carbocycles. The predicted molar refractivity (Wildman–Crippen MR) is 114 cm³/mol. The molecule has 1 atom stereocenters. The highest BCUT2D eigenvalue weighted by Crippen LogP contribution is 2.37. The fraction of sp³-hybridized carbons (Fsp3) is 0.458. The van der Waals surface area contributed by atoms with Gasteiger partial charge in [0.05, 0.1) is 11.2 Å². The second-order valence-corrected chi connectivity index (χ2v) is 8.76. The van der Waals surface area contributed by atoms with Crippen molar-refractivity contribution in [2.24, 2.45) is 0 Å². The highest BCUT2D eigenvalue weighted by Gasteiger charge is 2.33. The van der Waals surface area contributed by atoms with Crippen molar-refractivity contribution in [2.45, 2.75) is 69.7 Å². The molecule has 8 heteroatoms. The van der Waals surface area contributed by atoms with E-state index in [4.69, 9.17) is 0 Å². The quantitative estimate of drug-likeness (QED) is 0.507. The lowest BCUT2D eigenvalue weighted by Gasteiger charge is -2.28. The summed E-state index contributed by atoms with van der Waals surface area (Å²) in [6, 6.07) is 10.3. The van der Waals surface area contributed by atoms with Crippen molar-refractivity contribution in [2.75, 3.05) is 0 Å². The van der Waals surface area contributed by atoms with E-state index in [9.17, 15) is 23.1 Å². The summed E-state index contributed by atoms with van der Waals surface area (Å²) in [7, 11) is 0. The van der Waals surface area contributed by atoms with Crippen LogP contribution in [-0.4, -0.2) is 25.4 Å². The van der Waals surface area contributed by atoms with Crippen LogP contribution < -0.4 is 0 Å². The third-order valence-corrected chi connectivity index (χ3v) is 6.16. The molecule has 0 amide bonds. The fourth-order valence-electron chi connectivity index (χ4n) is 4.20. The summed E-state index contributed by atoms with van der Waals surface area (Å²) in [5.74, 6) is 0.599. The number of carbonyl (C=O) groups is 1. The SMILES string of the molecule is C[C@](O)(CC(=O)CCCc1nc2cc(C(F)(F)F)cnc2n1C1CCC1)c1ccccc1. The number of pyridine rings is 1. The number of alkyl halides is 3. The maximum atomic E-state index is 13.1. The van der Waals surface area contributed by atoms with Crippen molar-refractivity contribution in [3.63, 3.8) is 0 Å². The summed E-state index contributed by atoms with van der Waals surface area (Å²) < 4.78 is 41.2. The molecular formula is C24H26F3N3O2. The predicted octanol–water partition coefficient (Wildman–Crippen LogP) is 5.36. The van der Waals surface area contributed by atoms with Crippen LogP contribution in [0.2, 0.25) is 0 Å². The van der Waals surface area contributed by atoms with Gasteiger partial charge >= 0.3 is 6.18 Å². The number of aliphatic hydroxyl groups is 1. The van der Waals surface area contributed by atoms with Gasteiger partial charge in [-0.25, -0.2) is 9.97 Å². The van der Waals surface area contributed by atoms with Crippen molar-refractivity contribution in [3.8, 4) is 0 Å². The van der Waals surface area contributed by atoms with E-state index in [1.165, 1.54) is 0 Å². The van der Waals surface area contributed by atoms with Crippen LogP contribution >= 0.6 is 0 Å². The van der Waals surface area contributed by atoms with Crippen molar-refractivity contribution >= 4 is 16.9 Å². The second kappa shape index (κ2) is 8.65. The molecule has 1 N–H and O–H groups in total. The van der Waals surface area contributed by atoms with Crippen molar-refractivity contribution in [1.29, 1.82) is 0 Å². The van der Waals surface area contributed by atoms with E-state index in [2.05, 4.69) is 9.97 Å². The molecule has 32 heavy (non-hydrogen) atoms. The normalized spacial score (nSPS) is 16.7. The van der Waals surface area contributed by atoms with E-state index in [1.54, 1.807) is 19.1 Å². The van der Waals surface area contributed by atoms with E-state index >= 15 is 0 Å². The Kier molecular flexibility index (Phi) is 6.07. The van der Waals surface area contributed by atoms with E-state index in [0.29, 0.717) is 29.9 Å². The highest BCUT2D eigenvalue weighted by atomic mass is 19.4. The van der Waals surface area contributed by atoms with Crippen LogP contribution in [0, 0.1) is 0 Å². The number of ketones is 1. The first kappa shape index (κ1) is 22.5. The summed E-state index contributed by atoms with van der Waals surface area (Å²) in [5, 5.41) is 10.7. The average Bonchev–Trinajstić information content (AvgIpc) is 3.04. The van der Waals surface area contributed by atoms with Crippen LogP contribution in [0.1, 0.15) is 68.4 Å². The minimum Gasteiger partial charge on any atom is -0.385 e. The lowest BCUT2D eigenvalue weighted by Crippen LogP contribution is -2.25. The second-order valence-electron chi connectivity index (χ2n) is 8.76. The molecule has 0 aliphatic heterocycles. The molecule has 0 bridgehead atoms. The van der Waals surface area contributed by atoms with Gasteiger partial charge in [-0.3, -0.25) is 4.79 Å². The standard InChI is InChI=1S/C24H26F3N3O2/c1-23(32,16-7-3-2-4-8-16)14-19(31)11-6-12-21-29-20-13-17(24(25,26)27)15-28-22(20)30(21)18-9-5-10-18/h2-4,7-8,13,15,18,32H,5-6,9-12,14H2,1H3/t23-/m0/s1. The molecule has 1 saturated carbocycles.